The van der Waals surface area contributed by atoms with Crippen molar-refractivity contribution in [3.05, 3.63) is 0 Å². The zero-order chi connectivity index (χ0) is 12.4. The van der Waals surface area contributed by atoms with Gasteiger partial charge >= 0.3 is 0 Å². The minimum atomic E-state index is -0.483. The summed E-state index contributed by atoms with van der Waals surface area (Å²) >= 11 is 1.87. The van der Waals surface area contributed by atoms with E-state index in [0.717, 1.165) is 43.8 Å². The largest absolute Gasteiger partial charge is 0.390 e. The fraction of sp³-hybridized carbons (Fsp3) is 1.00. The van der Waals surface area contributed by atoms with Crippen LogP contribution in [0.25, 0.3) is 0 Å². The van der Waals surface area contributed by atoms with Gasteiger partial charge in [-0.1, -0.05) is 20.8 Å². The standard InChI is InChI=1S/C13H28O2S/c1-5-12(6-2)15-9-11-16-10-8-13(4,14)7-3/h12,14H,5-11H2,1-4H3. The lowest BCUT2D eigenvalue weighted by atomic mass is 10.0. The van der Waals surface area contributed by atoms with E-state index in [1.807, 2.05) is 25.6 Å². The highest BCUT2D eigenvalue weighted by Crippen LogP contribution is 2.17. The molecule has 0 amide bonds. The monoisotopic (exact) mass is 248 g/mol. The first kappa shape index (κ1) is 16.3. The van der Waals surface area contributed by atoms with E-state index in [2.05, 4.69) is 13.8 Å². The molecule has 0 radical (unpaired) electrons. The van der Waals surface area contributed by atoms with Crippen LogP contribution in [0.2, 0.25) is 0 Å². The number of hydrogen-bond acceptors (Lipinski definition) is 3. The van der Waals surface area contributed by atoms with Crippen LogP contribution < -0.4 is 0 Å². The lowest BCUT2D eigenvalue weighted by Gasteiger charge is -2.20. The van der Waals surface area contributed by atoms with Gasteiger partial charge in [0.1, 0.15) is 0 Å². The van der Waals surface area contributed by atoms with Gasteiger partial charge in [0.15, 0.2) is 0 Å². The Kier molecular flexibility index (Phi) is 9.47. The van der Waals surface area contributed by atoms with E-state index in [-0.39, 0.29) is 0 Å². The van der Waals surface area contributed by atoms with E-state index in [4.69, 9.17) is 4.74 Å². The van der Waals surface area contributed by atoms with Crippen LogP contribution in [-0.2, 0) is 4.74 Å². The van der Waals surface area contributed by atoms with Crippen molar-refractivity contribution >= 4 is 11.8 Å². The molecule has 0 fully saturated rings. The van der Waals surface area contributed by atoms with E-state index in [0.29, 0.717) is 6.10 Å². The van der Waals surface area contributed by atoms with Crippen molar-refractivity contribution in [2.24, 2.45) is 0 Å². The summed E-state index contributed by atoms with van der Waals surface area (Å²) in [5, 5.41) is 9.80. The Hall–Kier alpha value is 0.270. The SMILES string of the molecule is CCC(CC)OCCSCCC(C)(O)CC. The molecule has 0 heterocycles. The summed E-state index contributed by atoms with van der Waals surface area (Å²) in [6.45, 7) is 9.11. The first-order valence-electron chi connectivity index (χ1n) is 6.47. The molecule has 1 atom stereocenters. The van der Waals surface area contributed by atoms with Crippen LogP contribution in [0.1, 0.15) is 53.4 Å². The van der Waals surface area contributed by atoms with E-state index in [1.165, 1.54) is 0 Å². The van der Waals surface area contributed by atoms with Crippen molar-refractivity contribution in [3.8, 4) is 0 Å². The van der Waals surface area contributed by atoms with Crippen LogP contribution in [0.15, 0.2) is 0 Å². The lowest BCUT2D eigenvalue weighted by Crippen LogP contribution is -2.23. The molecule has 0 rings (SSSR count). The summed E-state index contributed by atoms with van der Waals surface area (Å²) in [7, 11) is 0. The van der Waals surface area contributed by atoms with Crippen molar-refractivity contribution in [1.82, 2.24) is 0 Å². The first-order chi connectivity index (χ1) is 7.55. The van der Waals surface area contributed by atoms with Crippen LogP contribution in [0.3, 0.4) is 0 Å². The van der Waals surface area contributed by atoms with Gasteiger partial charge in [-0.3, -0.25) is 0 Å². The highest BCUT2D eigenvalue weighted by molar-refractivity contribution is 7.99. The highest BCUT2D eigenvalue weighted by Gasteiger charge is 2.16. The van der Waals surface area contributed by atoms with Crippen molar-refractivity contribution in [1.29, 1.82) is 0 Å². The van der Waals surface area contributed by atoms with E-state index >= 15 is 0 Å². The minimum absolute atomic E-state index is 0.430. The van der Waals surface area contributed by atoms with Gasteiger partial charge in [-0.05, 0) is 38.4 Å². The van der Waals surface area contributed by atoms with E-state index in [9.17, 15) is 5.11 Å². The van der Waals surface area contributed by atoms with Gasteiger partial charge in [-0.15, -0.1) is 0 Å². The molecule has 0 aliphatic heterocycles. The molecule has 0 aliphatic carbocycles. The third-order valence-electron chi connectivity index (χ3n) is 3.04. The van der Waals surface area contributed by atoms with Gasteiger partial charge in [0.05, 0.1) is 18.3 Å². The molecule has 0 saturated heterocycles. The molecule has 3 heteroatoms. The quantitative estimate of drug-likeness (QED) is 0.600. The molecule has 1 N–H and O–H groups in total. The maximum Gasteiger partial charge on any atom is 0.0625 e. The first-order valence-corrected chi connectivity index (χ1v) is 7.62. The van der Waals surface area contributed by atoms with Crippen LogP contribution in [0.5, 0.6) is 0 Å². The van der Waals surface area contributed by atoms with Gasteiger partial charge in [0.2, 0.25) is 0 Å². The molecule has 0 spiro atoms. The van der Waals surface area contributed by atoms with Crippen molar-refractivity contribution in [3.63, 3.8) is 0 Å². The maximum absolute atomic E-state index is 9.80. The Morgan fingerprint density at radius 2 is 1.81 bits per heavy atom. The Labute approximate surface area is 105 Å². The average molecular weight is 248 g/mol. The van der Waals surface area contributed by atoms with Gasteiger partial charge in [-0.2, -0.15) is 11.8 Å². The third kappa shape index (κ3) is 8.43. The zero-order valence-corrected chi connectivity index (χ0v) is 12.1. The van der Waals surface area contributed by atoms with Crippen molar-refractivity contribution in [2.75, 3.05) is 18.1 Å². The smallest absolute Gasteiger partial charge is 0.0625 e. The van der Waals surface area contributed by atoms with E-state index < -0.39 is 5.60 Å². The topological polar surface area (TPSA) is 29.5 Å². The van der Waals surface area contributed by atoms with Gasteiger partial charge in [0, 0.05) is 5.75 Å². The summed E-state index contributed by atoms with van der Waals surface area (Å²) in [6.07, 6.45) is 4.34. The van der Waals surface area contributed by atoms with Gasteiger partial charge in [-0.25, -0.2) is 0 Å². The molecule has 16 heavy (non-hydrogen) atoms. The molecular formula is C13H28O2S. The predicted octanol–water partition coefficient (Wildman–Crippen LogP) is 3.48. The Morgan fingerprint density at radius 3 is 2.31 bits per heavy atom. The number of rotatable bonds is 10. The van der Waals surface area contributed by atoms with Crippen molar-refractivity contribution in [2.45, 2.75) is 65.1 Å². The van der Waals surface area contributed by atoms with Crippen LogP contribution in [0.4, 0.5) is 0 Å². The second kappa shape index (κ2) is 9.32. The predicted molar refractivity (Wildman–Crippen MR) is 73.2 cm³/mol. The Balaban J connectivity index is 3.34. The number of aliphatic hydroxyl groups is 1. The molecule has 0 aromatic rings. The maximum atomic E-state index is 9.80. The minimum Gasteiger partial charge on any atom is -0.390 e. The molecule has 0 aromatic carbocycles. The summed E-state index contributed by atoms with van der Waals surface area (Å²) in [5.41, 5.74) is -0.483. The molecule has 0 aliphatic rings. The average Bonchev–Trinajstić information content (AvgIpc) is 2.28. The zero-order valence-electron chi connectivity index (χ0n) is 11.3. The second-order valence-corrected chi connectivity index (χ2v) is 5.75. The Bertz CT molecular complexity index is 156. The summed E-state index contributed by atoms with van der Waals surface area (Å²) in [4.78, 5) is 0. The van der Waals surface area contributed by atoms with Gasteiger partial charge < -0.3 is 9.84 Å². The molecule has 0 bridgehead atoms. The molecule has 0 aromatic heterocycles. The van der Waals surface area contributed by atoms with Crippen LogP contribution in [0, 0.1) is 0 Å². The number of ether oxygens (including phenoxy) is 1. The van der Waals surface area contributed by atoms with Crippen LogP contribution in [-0.4, -0.2) is 34.9 Å². The lowest BCUT2D eigenvalue weighted by molar-refractivity contribution is 0.0528. The number of hydrogen-bond donors (Lipinski definition) is 1. The summed E-state index contributed by atoms with van der Waals surface area (Å²) in [5.74, 6) is 2.06. The molecular weight excluding hydrogens is 220 g/mol. The van der Waals surface area contributed by atoms with Crippen LogP contribution >= 0.6 is 11.8 Å². The van der Waals surface area contributed by atoms with E-state index in [1.54, 1.807) is 0 Å². The van der Waals surface area contributed by atoms with Crippen molar-refractivity contribution < 1.29 is 9.84 Å². The fourth-order valence-corrected chi connectivity index (χ4v) is 2.37. The summed E-state index contributed by atoms with van der Waals surface area (Å²) in [6, 6.07) is 0. The summed E-state index contributed by atoms with van der Waals surface area (Å²) < 4.78 is 5.72. The molecule has 1 unspecified atom stereocenters. The molecule has 0 saturated carbocycles. The molecule has 98 valence electrons. The third-order valence-corrected chi connectivity index (χ3v) is 3.99. The molecule has 2 nitrogen and oxygen atoms in total. The highest BCUT2D eigenvalue weighted by atomic mass is 32.2. The fourth-order valence-electron chi connectivity index (χ4n) is 1.37. The Morgan fingerprint density at radius 1 is 1.19 bits per heavy atom. The second-order valence-electron chi connectivity index (χ2n) is 4.52. The normalized spacial score (nSPS) is 15.4. The van der Waals surface area contributed by atoms with Gasteiger partial charge in [0.25, 0.3) is 0 Å². The number of thioether (sulfide) groups is 1.